The molecule has 0 spiro atoms. The molecule has 1 amide bonds. The van der Waals surface area contributed by atoms with Crippen LogP contribution in [0.5, 0.6) is 5.75 Å². The molecule has 0 saturated carbocycles. The van der Waals surface area contributed by atoms with Crippen LogP contribution in [0.3, 0.4) is 0 Å². The average molecular weight is 527 g/mol. The molecule has 4 rings (SSSR count). The Morgan fingerprint density at radius 2 is 1.76 bits per heavy atom. The number of para-hydroxylation sites is 1. The number of amides is 1. The summed E-state index contributed by atoms with van der Waals surface area (Å²) in [6.45, 7) is 3.07. The van der Waals surface area contributed by atoms with Gasteiger partial charge in [0.15, 0.2) is 11.6 Å². The van der Waals surface area contributed by atoms with Gasteiger partial charge in [-0.05, 0) is 68.0 Å². The molecule has 0 radical (unpaired) electrons. The molecule has 1 fully saturated rings. The largest absolute Gasteiger partial charge is 0.494 e. The number of nitrogens with zero attached hydrogens (tertiary/aromatic N) is 2. The van der Waals surface area contributed by atoms with E-state index in [1.807, 2.05) is 7.05 Å². The van der Waals surface area contributed by atoms with E-state index in [1.54, 1.807) is 53.4 Å². The van der Waals surface area contributed by atoms with E-state index < -0.39 is 15.8 Å². The Morgan fingerprint density at radius 3 is 2.51 bits per heavy atom. The van der Waals surface area contributed by atoms with Gasteiger partial charge in [0.2, 0.25) is 0 Å². The Labute approximate surface area is 217 Å². The first-order valence-electron chi connectivity index (χ1n) is 12.0. The number of benzene rings is 3. The molecule has 196 valence electrons. The van der Waals surface area contributed by atoms with E-state index in [2.05, 4.69) is 14.9 Å². The van der Waals surface area contributed by atoms with Gasteiger partial charge >= 0.3 is 0 Å². The minimum atomic E-state index is -3.98. The van der Waals surface area contributed by atoms with Crippen molar-refractivity contribution in [3.8, 4) is 5.75 Å². The normalized spacial score (nSPS) is 14.6. The number of carbonyl (C=O) groups excluding carboxylic acids is 1. The van der Waals surface area contributed by atoms with Crippen molar-refractivity contribution >= 4 is 27.3 Å². The lowest BCUT2D eigenvalue weighted by molar-refractivity contribution is 0.0762. The van der Waals surface area contributed by atoms with Gasteiger partial charge in [-0.25, -0.2) is 12.8 Å². The highest BCUT2D eigenvalue weighted by Gasteiger charge is 2.23. The van der Waals surface area contributed by atoms with Crippen LogP contribution in [0.15, 0.2) is 71.6 Å². The van der Waals surface area contributed by atoms with Crippen molar-refractivity contribution in [1.29, 1.82) is 0 Å². The van der Waals surface area contributed by atoms with Gasteiger partial charge in [-0.3, -0.25) is 9.52 Å². The van der Waals surface area contributed by atoms with Crippen LogP contribution in [0, 0.1) is 5.82 Å². The monoisotopic (exact) mass is 526 g/mol. The lowest BCUT2D eigenvalue weighted by Gasteiger charge is -2.22. The molecular weight excluding hydrogens is 495 g/mol. The number of likely N-dealkylation sites (N-methyl/N-ethyl adjacent to an activating group) is 1. The van der Waals surface area contributed by atoms with Crippen LogP contribution < -0.4 is 14.8 Å². The highest BCUT2D eigenvalue weighted by Crippen LogP contribution is 2.25. The lowest BCUT2D eigenvalue weighted by atomic mass is 10.1. The Balaban J connectivity index is 1.65. The summed E-state index contributed by atoms with van der Waals surface area (Å²) in [4.78, 5) is 17.3. The first kappa shape index (κ1) is 26.4. The standard InChI is InChI=1S/C27H31FN4O4S/c1-31-11-6-12-32(14-13-31)27(33)21-16-23(29-19-20-9-10-25(28)26(15-20)36-2)18-24(17-21)37(34,35)30-22-7-4-3-5-8-22/h3-5,7-10,15-18,29-30H,6,11-14,19H2,1-2H3. The summed E-state index contributed by atoms with van der Waals surface area (Å²) in [6.07, 6.45) is 0.841. The van der Waals surface area contributed by atoms with Crippen LogP contribution in [0.1, 0.15) is 22.3 Å². The molecule has 0 unspecified atom stereocenters. The number of nitrogens with one attached hydrogen (secondary N) is 2. The van der Waals surface area contributed by atoms with Crippen molar-refractivity contribution < 1.29 is 22.3 Å². The zero-order chi connectivity index (χ0) is 26.4. The highest BCUT2D eigenvalue weighted by atomic mass is 32.2. The summed E-state index contributed by atoms with van der Waals surface area (Å²) in [7, 11) is -0.569. The van der Waals surface area contributed by atoms with E-state index in [9.17, 15) is 17.6 Å². The molecule has 3 aromatic rings. The van der Waals surface area contributed by atoms with Crippen LogP contribution in [-0.2, 0) is 16.6 Å². The van der Waals surface area contributed by atoms with Gasteiger partial charge < -0.3 is 19.9 Å². The number of carbonyl (C=O) groups is 1. The molecular formula is C27H31FN4O4S. The Bertz CT molecular complexity index is 1350. The first-order valence-corrected chi connectivity index (χ1v) is 13.5. The second-order valence-corrected chi connectivity index (χ2v) is 10.7. The number of hydrogen-bond acceptors (Lipinski definition) is 6. The molecule has 10 heteroatoms. The molecule has 1 aliphatic rings. The highest BCUT2D eigenvalue weighted by molar-refractivity contribution is 7.92. The summed E-state index contributed by atoms with van der Waals surface area (Å²) in [5.41, 5.74) is 1.88. The van der Waals surface area contributed by atoms with Crippen LogP contribution >= 0.6 is 0 Å². The van der Waals surface area contributed by atoms with E-state index in [-0.39, 0.29) is 28.7 Å². The van der Waals surface area contributed by atoms with Crippen LogP contribution in [0.25, 0.3) is 0 Å². The fourth-order valence-corrected chi connectivity index (χ4v) is 5.28. The Morgan fingerprint density at radius 1 is 0.973 bits per heavy atom. The van der Waals surface area contributed by atoms with Crippen molar-refractivity contribution in [1.82, 2.24) is 9.80 Å². The van der Waals surface area contributed by atoms with E-state index in [0.29, 0.717) is 24.5 Å². The minimum absolute atomic E-state index is 0.0340. The van der Waals surface area contributed by atoms with Crippen LogP contribution in [-0.4, -0.2) is 64.5 Å². The topological polar surface area (TPSA) is 91.0 Å². The zero-order valence-corrected chi connectivity index (χ0v) is 21.7. The summed E-state index contributed by atoms with van der Waals surface area (Å²) in [5.74, 6) is -0.578. The number of anilines is 2. The molecule has 8 nitrogen and oxygen atoms in total. The number of methoxy groups -OCH3 is 1. The zero-order valence-electron chi connectivity index (χ0n) is 20.9. The lowest BCUT2D eigenvalue weighted by Crippen LogP contribution is -2.34. The van der Waals surface area contributed by atoms with Gasteiger partial charge in [0, 0.05) is 43.1 Å². The first-order chi connectivity index (χ1) is 17.7. The summed E-state index contributed by atoms with van der Waals surface area (Å²) >= 11 is 0. The predicted octanol–water partition coefficient (Wildman–Crippen LogP) is 4.02. The van der Waals surface area contributed by atoms with Crippen molar-refractivity contribution in [3.05, 3.63) is 83.7 Å². The van der Waals surface area contributed by atoms with Gasteiger partial charge in [-0.15, -0.1) is 0 Å². The molecule has 0 bridgehead atoms. The Kier molecular flexibility index (Phi) is 8.30. The summed E-state index contributed by atoms with van der Waals surface area (Å²) in [6, 6.07) is 17.6. The Hall–Kier alpha value is -3.63. The maximum Gasteiger partial charge on any atom is 0.261 e. The van der Waals surface area contributed by atoms with E-state index in [0.717, 1.165) is 25.1 Å². The number of halogens is 1. The van der Waals surface area contributed by atoms with Gasteiger partial charge in [0.25, 0.3) is 15.9 Å². The molecule has 1 saturated heterocycles. The third-order valence-electron chi connectivity index (χ3n) is 6.21. The van der Waals surface area contributed by atoms with Crippen LogP contribution in [0.2, 0.25) is 0 Å². The molecule has 37 heavy (non-hydrogen) atoms. The van der Waals surface area contributed by atoms with Gasteiger partial charge in [-0.2, -0.15) is 0 Å². The molecule has 1 aliphatic heterocycles. The maximum atomic E-state index is 13.8. The van der Waals surface area contributed by atoms with Crippen molar-refractivity contribution in [3.63, 3.8) is 0 Å². The predicted molar refractivity (Wildman–Crippen MR) is 142 cm³/mol. The van der Waals surface area contributed by atoms with Crippen molar-refractivity contribution in [2.75, 3.05) is 50.4 Å². The number of hydrogen-bond donors (Lipinski definition) is 2. The molecule has 0 aromatic heterocycles. The average Bonchev–Trinajstić information content (AvgIpc) is 3.12. The summed E-state index contributed by atoms with van der Waals surface area (Å²) < 4.78 is 48.0. The van der Waals surface area contributed by atoms with Gasteiger partial charge in [-0.1, -0.05) is 24.3 Å². The van der Waals surface area contributed by atoms with E-state index in [1.165, 1.54) is 25.3 Å². The number of sulfonamides is 1. The van der Waals surface area contributed by atoms with E-state index >= 15 is 0 Å². The van der Waals surface area contributed by atoms with Crippen molar-refractivity contribution in [2.24, 2.45) is 0 Å². The second kappa shape index (κ2) is 11.6. The van der Waals surface area contributed by atoms with Gasteiger partial charge in [0.1, 0.15) is 0 Å². The maximum absolute atomic E-state index is 13.8. The molecule has 1 heterocycles. The third kappa shape index (κ3) is 6.78. The van der Waals surface area contributed by atoms with Crippen molar-refractivity contribution in [2.45, 2.75) is 17.9 Å². The second-order valence-electron chi connectivity index (χ2n) is 8.99. The fourth-order valence-electron chi connectivity index (χ4n) is 4.15. The molecule has 0 aliphatic carbocycles. The molecule has 2 N–H and O–H groups in total. The SMILES string of the molecule is COc1cc(CNc2cc(C(=O)N3CCCN(C)CC3)cc(S(=O)(=O)Nc3ccccc3)c2)ccc1F. The van der Waals surface area contributed by atoms with Crippen LogP contribution in [0.4, 0.5) is 15.8 Å². The smallest absolute Gasteiger partial charge is 0.261 e. The quantitative estimate of drug-likeness (QED) is 0.461. The van der Waals surface area contributed by atoms with Gasteiger partial charge in [0.05, 0.1) is 12.0 Å². The van der Waals surface area contributed by atoms with E-state index in [4.69, 9.17) is 4.74 Å². The summed E-state index contributed by atoms with van der Waals surface area (Å²) in [5, 5.41) is 3.18. The number of ether oxygens (including phenoxy) is 1. The minimum Gasteiger partial charge on any atom is -0.494 e. The fraction of sp³-hybridized carbons (Fsp3) is 0.296. The molecule has 3 aromatic carbocycles. The molecule has 0 atom stereocenters. The number of rotatable bonds is 8. The third-order valence-corrected chi connectivity index (χ3v) is 7.57.